The highest BCUT2D eigenvalue weighted by atomic mass is 19.4. The van der Waals surface area contributed by atoms with Gasteiger partial charge in [0.15, 0.2) is 0 Å². The molecule has 1 aromatic carbocycles. The van der Waals surface area contributed by atoms with E-state index in [9.17, 15) is 32.0 Å². The minimum atomic E-state index is -5.08. The maximum atomic E-state index is 14.0. The van der Waals surface area contributed by atoms with E-state index >= 15 is 0 Å². The molecule has 1 fully saturated rings. The number of nitrogens with zero attached hydrogens (tertiary/aromatic N) is 8. The van der Waals surface area contributed by atoms with Crippen molar-refractivity contribution in [2.24, 2.45) is 7.05 Å². The van der Waals surface area contributed by atoms with Crippen LogP contribution in [0.1, 0.15) is 11.1 Å². The predicted molar refractivity (Wildman–Crippen MR) is 158 cm³/mol. The number of hydrogen-bond donors (Lipinski definition) is 1. The lowest BCUT2D eigenvalue weighted by Crippen LogP contribution is -2.49. The van der Waals surface area contributed by atoms with Crippen molar-refractivity contribution in [2.45, 2.75) is 12.6 Å². The number of amides is 1. The van der Waals surface area contributed by atoms with E-state index in [4.69, 9.17) is 9.90 Å². The normalized spacial score (nSPS) is 13.2. The summed E-state index contributed by atoms with van der Waals surface area (Å²) in [5.41, 5.74) is 4.45. The van der Waals surface area contributed by atoms with Crippen LogP contribution >= 0.6 is 0 Å². The van der Waals surface area contributed by atoms with Crippen LogP contribution in [0.25, 0.3) is 27.8 Å². The summed E-state index contributed by atoms with van der Waals surface area (Å²) in [4.78, 5) is 30.0. The SMILES string of the molecule is Cn1cc(-c2cc(-c3ccc(N4CCN(C(=O)Cc5c(F)cccc5F)CC4)nc3)c3c(C#N)cnn3c2)cn1.O=C(O)C(F)(F)F. The number of benzene rings is 1. The summed E-state index contributed by atoms with van der Waals surface area (Å²) in [6.45, 7) is 1.93. The second-order valence-electron chi connectivity index (χ2n) is 10.5. The number of anilines is 1. The van der Waals surface area contributed by atoms with E-state index in [1.54, 1.807) is 32.7 Å². The molecule has 242 valence electrons. The fourth-order valence-electron chi connectivity index (χ4n) is 5.03. The number of aryl methyl sites for hydroxylation is 1. The van der Waals surface area contributed by atoms with Gasteiger partial charge in [0.2, 0.25) is 5.91 Å². The molecular formula is C31H25F5N8O3. The highest BCUT2D eigenvalue weighted by Crippen LogP contribution is 2.32. The van der Waals surface area contributed by atoms with Crippen molar-refractivity contribution in [3.05, 3.63) is 90.1 Å². The molecule has 0 unspecified atom stereocenters. The van der Waals surface area contributed by atoms with Crippen LogP contribution in [0.15, 0.2) is 67.4 Å². The first-order chi connectivity index (χ1) is 22.3. The number of aromatic nitrogens is 5. The van der Waals surface area contributed by atoms with Gasteiger partial charge in [-0.15, -0.1) is 0 Å². The molecule has 47 heavy (non-hydrogen) atoms. The lowest BCUT2D eigenvalue weighted by Gasteiger charge is -2.35. The van der Waals surface area contributed by atoms with Crippen LogP contribution in [0.3, 0.4) is 0 Å². The average molecular weight is 653 g/mol. The van der Waals surface area contributed by atoms with Crippen LogP contribution < -0.4 is 4.90 Å². The number of rotatable bonds is 5. The van der Waals surface area contributed by atoms with Gasteiger partial charge in [0, 0.05) is 79.6 Å². The molecule has 0 spiro atoms. The quantitative estimate of drug-likeness (QED) is 0.275. The second-order valence-corrected chi connectivity index (χ2v) is 10.5. The molecule has 1 aliphatic heterocycles. The summed E-state index contributed by atoms with van der Waals surface area (Å²) < 4.78 is 63.1. The van der Waals surface area contributed by atoms with E-state index in [1.165, 1.54) is 6.07 Å². The average Bonchev–Trinajstić information content (AvgIpc) is 3.68. The van der Waals surface area contributed by atoms with E-state index in [0.717, 1.165) is 40.2 Å². The molecule has 1 saturated heterocycles. The Balaban J connectivity index is 0.000000559. The van der Waals surface area contributed by atoms with Crippen LogP contribution in [0, 0.1) is 23.0 Å². The molecule has 0 bridgehead atoms. The molecule has 1 amide bonds. The predicted octanol–water partition coefficient (Wildman–Crippen LogP) is 4.47. The van der Waals surface area contributed by atoms with Crippen molar-refractivity contribution in [1.29, 1.82) is 5.26 Å². The first-order valence-corrected chi connectivity index (χ1v) is 14.0. The molecule has 0 saturated carbocycles. The zero-order chi connectivity index (χ0) is 33.9. The van der Waals surface area contributed by atoms with Crippen LogP contribution in [-0.4, -0.2) is 78.6 Å². The Morgan fingerprint density at radius 2 is 1.62 bits per heavy atom. The summed E-state index contributed by atoms with van der Waals surface area (Å²) in [6, 6.07) is 11.7. The standard InChI is InChI=1S/C29H24F2N8O.C2HF3O2/c1-36-17-22(16-34-36)20-11-23(29-21(13-32)15-35-39(29)18-20)19-5-6-27(33-14-19)37-7-9-38(10-8-37)28(40)12-24-25(30)3-2-4-26(24)31;3-2(4,5)1(6)7/h2-6,11,14-18H,7-10,12H2,1H3;(H,6,7). The second kappa shape index (κ2) is 13.3. The number of aliphatic carboxylic acids is 1. The zero-order valence-electron chi connectivity index (χ0n) is 24.6. The minimum absolute atomic E-state index is 0.202. The molecular weight excluding hydrogens is 627 g/mol. The Kier molecular flexibility index (Phi) is 9.17. The van der Waals surface area contributed by atoms with E-state index in [-0.39, 0.29) is 17.9 Å². The highest BCUT2D eigenvalue weighted by Gasteiger charge is 2.38. The van der Waals surface area contributed by atoms with Crippen LogP contribution in [0.5, 0.6) is 0 Å². The van der Waals surface area contributed by atoms with E-state index in [1.807, 2.05) is 37.6 Å². The summed E-state index contributed by atoms with van der Waals surface area (Å²) in [5.74, 6) is -3.73. The first kappa shape index (κ1) is 32.5. The number of nitriles is 1. The number of hydrogen-bond acceptors (Lipinski definition) is 7. The van der Waals surface area contributed by atoms with Crippen LogP contribution in [0.4, 0.5) is 27.8 Å². The summed E-state index contributed by atoms with van der Waals surface area (Å²) in [6.07, 6.45) is 3.49. The Morgan fingerprint density at radius 3 is 2.17 bits per heavy atom. The summed E-state index contributed by atoms with van der Waals surface area (Å²) >= 11 is 0. The largest absolute Gasteiger partial charge is 0.490 e. The minimum Gasteiger partial charge on any atom is -0.475 e. The smallest absolute Gasteiger partial charge is 0.475 e. The number of pyridine rings is 2. The molecule has 11 nitrogen and oxygen atoms in total. The van der Waals surface area contributed by atoms with Crippen LogP contribution in [0.2, 0.25) is 0 Å². The fourth-order valence-corrected chi connectivity index (χ4v) is 5.03. The van der Waals surface area contributed by atoms with Crippen molar-refractivity contribution in [3.8, 4) is 28.3 Å². The van der Waals surface area contributed by atoms with E-state index in [0.29, 0.717) is 37.3 Å². The molecule has 16 heteroatoms. The summed E-state index contributed by atoms with van der Waals surface area (Å²) in [7, 11) is 1.85. The topological polar surface area (TPSA) is 133 Å². The van der Waals surface area contributed by atoms with Crippen molar-refractivity contribution < 1.29 is 36.6 Å². The van der Waals surface area contributed by atoms with Gasteiger partial charge in [-0.2, -0.15) is 28.6 Å². The Labute approximate surface area is 263 Å². The van der Waals surface area contributed by atoms with Gasteiger partial charge in [-0.25, -0.2) is 23.1 Å². The number of alkyl halides is 3. The number of carbonyl (C=O) groups excluding carboxylic acids is 1. The summed E-state index contributed by atoms with van der Waals surface area (Å²) in [5, 5.41) is 25.4. The maximum absolute atomic E-state index is 14.0. The Hall–Kier alpha value is -5.85. The molecule has 0 atom stereocenters. The number of carboxylic acid groups (broad SMARTS) is 1. The van der Waals surface area contributed by atoms with Gasteiger partial charge in [0.05, 0.1) is 29.9 Å². The van der Waals surface area contributed by atoms with Crippen LogP contribution in [-0.2, 0) is 23.1 Å². The van der Waals surface area contributed by atoms with Crippen molar-refractivity contribution in [3.63, 3.8) is 0 Å². The molecule has 6 rings (SSSR count). The molecule has 1 aliphatic rings. The van der Waals surface area contributed by atoms with E-state index < -0.39 is 23.8 Å². The third-order valence-electron chi connectivity index (χ3n) is 7.42. The molecule has 5 aromatic rings. The zero-order valence-corrected chi connectivity index (χ0v) is 24.6. The van der Waals surface area contributed by atoms with Gasteiger partial charge >= 0.3 is 12.1 Å². The van der Waals surface area contributed by atoms with Gasteiger partial charge in [0.25, 0.3) is 0 Å². The Morgan fingerprint density at radius 1 is 0.936 bits per heavy atom. The molecule has 5 heterocycles. The first-order valence-electron chi connectivity index (χ1n) is 14.0. The van der Waals surface area contributed by atoms with Gasteiger partial charge in [-0.1, -0.05) is 6.07 Å². The third-order valence-corrected chi connectivity index (χ3v) is 7.42. The van der Waals surface area contributed by atoms with Crippen molar-refractivity contribution >= 4 is 23.2 Å². The van der Waals surface area contributed by atoms with E-state index in [2.05, 4.69) is 26.2 Å². The number of halogens is 5. The Bertz CT molecular complexity index is 1950. The lowest BCUT2D eigenvalue weighted by atomic mass is 10.0. The number of piperazine rings is 1. The molecule has 0 aliphatic carbocycles. The van der Waals surface area contributed by atoms with Crippen molar-refractivity contribution in [2.75, 3.05) is 31.1 Å². The van der Waals surface area contributed by atoms with Crippen molar-refractivity contribution in [1.82, 2.24) is 29.3 Å². The molecule has 1 N–H and O–H groups in total. The maximum Gasteiger partial charge on any atom is 0.490 e. The van der Waals surface area contributed by atoms with Gasteiger partial charge in [-0.3, -0.25) is 9.48 Å². The monoisotopic (exact) mass is 652 g/mol. The molecule has 0 radical (unpaired) electrons. The number of carboxylic acids is 1. The molecule has 4 aromatic heterocycles. The lowest BCUT2D eigenvalue weighted by molar-refractivity contribution is -0.192. The van der Waals surface area contributed by atoms with Gasteiger partial charge < -0.3 is 14.9 Å². The fraction of sp³-hybridized carbons (Fsp3) is 0.226. The third kappa shape index (κ3) is 7.19. The van der Waals surface area contributed by atoms with Gasteiger partial charge in [0.1, 0.15) is 23.5 Å². The highest BCUT2D eigenvalue weighted by molar-refractivity contribution is 5.87. The number of fused-ring (bicyclic) bond motifs is 1. The van der Waals surface area contributed by atoms with Gasteiger partial charge in [-0.05, 0) is 30.3 Å². The number of carbonyl (C=O) groups is 2.